The summed E-state index contributed by atoms with van der Waals surface area (Å²) in [5.74, 6) is 1.95. The smallest absolute Gasteiger partial charge is 0.226 e. The summed E-state index contributed by atoms with van der Waals surface area (Å²) in [6.45, 7) is 0. The van der Waals surface area contributed by atoms with Gasteiger partial charge in [-0.05, 0) is 45.9 Å². The Hall–Kier alpha value is -5.98. The zero-order chi connectivity index (χ0) is 30.5. The summed E-state index contributed by atoms with van der Waals surface area (Å²) in [7, 11) is -2.85. The fourth-order valence-electron chi connectivity index (χ4n) is 6.86. The molecule has 2 aromatic heterocycles. The van der Waals surface area contributed by atoms with Crippen LogP contribution in [0.2, 0.25) is 0 Å². The van der Waals surface area contributed by atoms with Crippen LogP contribution in [-0.2, 0) is 0 Å². The van der Waals surface area contributed by atoms with Crippen molar-refractivity contribution in [2.75, 3.05) is 0 Å². The first-order valence-electron chi connectivity index (χ1n) is 15.4. The third-order valence-corrected chi connectivity index (χ3v) is 13.5. The number of benzene rings is 6. The molecule has 6 heteroatoms. The molecule has 0 saturated heterocycles. The first-order valence-corrected chi connectivity index (χ1v) is 17.4. The van der Waals surface area contributed by atoms with Gasteiger partial charge >= 0.3 is 0 Å². The topological polar surface area (TPSA) is 56.5 Å². The Morgan fingerprint density at radius 3 is 1.46 bits per heavy atom. The average molecular weight is 606 g/mol. The SMILES string of the molecule is c1ccc(-c2nc(-c3ccccc3)nc(-c3ccc4c(c3)[Si](c3ccccc3)(c3ccccc3)c3nc5ccccc5n3-4)n2)cc1. The maximum absolute atomic E-state index is 5.41. The highest BCUT2D eigenvalue weighted by atomic mass is 28.3. The van der Waals surface area contributed by atoms with Crippen LogP contribution in [-0.4, -0.2) is 32.6 Å². The van der Waals surface area contributed by atoms with Gasteiger partial charge in [0.15, 0.2) is 17.5 Å². The van der Waals surface area contributed by atoms with Crippen LogP contribution in [0.3, 0.4) is 0 Å². The molecule has 0 N–H and O–H groups in total. The molecule has 1 aliphatic rings. The molecule has 1 aliphatic heterocycles. The largest absolute Gasteiger partial charge is 0.299 e. The van der Waals surface area contributed by atoms with Crippen LogP contribution in [0.4, 0.5) is 0 Å². The number of hydrogen-bond acceptors (Lipinski definition) is 4. The standard InChI is InChI=1S/C40H27N5Si/c1-5-15-28(16-6-1)37-42-38(29-17-7-2-8-18-29)44-39(43-37)30-25-26-35-36(27-30)46(31-19-9-3-10-20-31,32-21-11-4-12-22-32)40-41-33-23-13-14-24-34(33)45(35)40/h1-27H. The summed E-state index contributed by atoms with van der Waals surface area (Å²) in [5.41, 5.74) is 7.26. The van der Waals surface area contributed by atoms with Gasteiger partial charge in [0.1, 0.15) is 5.45 Å². The monoisotopic (exact) mass is 605 g/mol. The predicted octanol–water partition coefficient (Wildman–Crippen LogP) is 5.90. The predicted molar refractivity (Wildman–Crippen MR) is 188 cm³/mol. The normalized spacial score (nSPS) is 13.0. The number of para-hydroxylation sites is 2. The fourth-order valence-corrected chi connectivity index (χ4v) is 11.8. The Balaban J connectivity index is 1.35. The highest BCUT2D eigenvalue weighted by Gasteiger charge is 2.52. The van der Waals surface area contributed by atoms with Crippen molar-refractivity contribution in [3.8, 4) is 39.9 Å². The lowest BCUT2D eigenvalue weighted by Gasteiger charge is -2.28. The lowest BCUT2D eigenvalue weighted by Crippen LogP contribution is -2.73. The van der Waals surface area contributed by atoms with Crippen molar-refractivity contribution in [3.05, 3.63) is 164 Å². The van der Waals surface area contributed by atoms with E-state index in [9.17, 15) is 0 Å². The van der Waals surface area contributed by atoms with Crippen molar-refractivity contribution in [1.82, 2.24) is 24.5 Å². The lowest BCUT2D eigenvalue weighted by molar-refractivity contribution is 1.07. The maximum Gasteiger partial charge on any atom is 0.226 e. The Kier molecular flexibility index (Phi) is 6.08. The zero-order valence-corrected chi connectivity index (χ0v) is 25.8. The van der Waals surface area contributed by atoms with Gasteiger partial charge in [-0.2, -0.15) is 0 Å². The van der Waals surface area contributed by atoms with Gasteiger partial charge in [0, 0.05) is 22.4 Å². The lowest BCUT2D eigenvalue weighted by atomic mass is 10.1. The Morgan fingerprint density at radius 1 is 0.413 bits per heavy atom. The third-order valence-electron chi connectivity index (χ3n) is 8.91. The van der Waals surface area contributed by atoms with E-state index in [0.717, 1.165) is 38.9 Å². The highest BCUT2D eigenvalue weighted by Crippen LogP contribution is 2.30. The van der Waals surface area contributed by atoms with Gasteiger partial charge in [0.2, 0.25) is 8.07 Å². The van der Waals surface area contributed by atoms with Gasteiger partial charge in [-0.15, -0.1) is 0 Å². The second-order valence-corrected chi connectivity index (χ2v) is 15.2. The van der Waals surface area contributed by atoms with Gasteiger partial charge in [0.05, 0.1) is 11.0 Å². The number of rotatable bonds is 5. The van der Waals surface area contributed by atoms with Crippen molar-refractivity contribution in [1.29, 1.82) is 0 Å². The van der Waals surface area contributed by atoms with Crippen LogP contribution in [0.5, 0.6) is 0 Å². The van der Waals surface area contributed by atoms with E-state index in [1.807, 2.05) is 60.7 Å². The fraction of sp³-hybridized carbons (Fsp3) is 0. The number of fused-ring (bicyclic) bond motifs is 5. The summed E-state index contributed by atoms with van der Waals surface area (Å²) < 4.78 is 2.39. The summed E-state index contributed by atoms with van der Waals surface area (Å²) in [6.07, 6.45) is 0. The van der Waals surface area contributed by atoms with Crippen LogP contribution in [0.15, 0.2) is 164 Å². The quantitative estimate of drug-likeness (QED) is 0.229. The summed E-state index contributed by atoms with van der Waals surface area (Å²) in [4.78, 5) is 20.5. The van der Waals surface area contributed by atoms with Gasteiger partial charge in [0.25, 0.3) is 0 Å². The minimum Gasteiger partial charge on any atom is -0.299 e. The summed E-state index contributed by atoms with van der Waals surface area (Å²) in [6, 6.07) is 57.3. The summed E-state index contributed by atoms with van der Waals surface area (Å²) >= 11 is 0. The number of aromatic nitrogens is 5. The molecule has 9 rings (SSSR count). The van der Waals surface area contributed by atoms with Gasteiger partial charge < -0.3 is 0 Å². The van der Waals surface area contributed by atoms with Crippen molar-refractivity contribution < 1.29 is 0 Å². The van der Waals surface area contributed by atoms with E-state index in [1.165, 1.54) is 15.6 Å². The average Bonchev–Trinajstić information content (AvgIpc) is 3.66. The second-order valence-electron chi connectivity index (χ2n) is 11.5. The number of nitrogens with zero attached hydrogens (tertiary/aromatic N) is 5. The molecule has 216 valence electrons. The molecule has 3 heterocycles. The van der Waals surface area contributed by atoms with E-state index >= 15 is 0 Å². The van der Waals surface area contributed by atoms with Crippen LogP contribution in [0.25, 0.3) is 50.9 Å². The van der Waals surface area contributed by atoms with Crippen molar-refractivity contribution >= 4 is 40.1 Å². The highest BCUT2D eigenvalue weighted by molar-refractivity contribution is 7.20. The molecule has 0 amide bonds. The van der Waals surface area contributed by atoms with Crippen molar-refractivity contribution in [3.63, 3.8) is 0 Å². The molecule has 6 aromatic carbocycles. The first-order chi connectivity index (χ1) is 22.8. The molecule has 0 aliphatic carbocycles. The van der Waals surface area contributed by atoms with E-state index in [2.05, 4.69) is 108 Å². The summed E-state index contributed by atoms with van der Waals surface area (Å²) in [5, 5.41) is 3.86. The molecule has 0 saturated carbocycles. The van der Waals surface area contributed by atoms with Gasteiger partial charge in [-0.3, -0.25) is 4.57 Å². The zero-order valence-electron chi connectivity index (χ0n) is 24.8. The van der Waals surface area contributed by atoms with E-state index < -0.39 is 8.07 Å². The molecule has 0 unspecified atom stereocenters. The molecule has 46 heavy (non-hydrogen) atoms. The maximum atomic E-state index is 5.41. The Labute approximate surface area is 267 Å². The van der Waals surface area contributed by atoms with E-state index in [1.54, 1.807) is 0 Å². The van der Waals surface area contributed by atoms with E-state index in [0.29, 0.717) is 17.5 Å². The van der Waals surface area contributed by atoms with Crippen LogP contribution < -0.4 is 21.0 Å². The second kappa shape index (κ2) is 10.6. The van der Waals surface area contributed by atoms with Crippen LogP contribution in [0.1, 0.15) is 0 Å². The molecule has 0 radical (unpaired) electrons. The molecule has 0 spiro atoms. The molecular weight excluding hydrogens is 579 g/mol. The van der Waals surface area contributed by atoms with Crippen molar-refractivity contribution in [2.24, 2.45) is 0 Å². The Bertz CT molecular complexity index is 2260. The number of hydrogen-bond donors (Lipinski definition) is 0. The minimum absolute atomic E-state index is 0.647. The first kappa shape index (κ1) is 26.4. The molecule has 0 fully saturated rings. The van der Waals surface area contributed by atoms with E-state index in [-0.39, 0.29) is 0 Å². The number of imidazole rings is 1. The molecule has 0 bridgehead atoms. The van der Waals surface area contributed by atoms with Crippen LogP contribution in [0, 0.1) is 0 Å². The van der Waals surface area contributed by atoms with Gasteiger partial charge in [-0.1, -0.05) is 133 Å². The van der Waals surface area contributed by atoms with E-state index in [4.69, 9.17) is 19.9 Å². The van der Waals surface area contributed by atoms with Crippen LogP contribution >= 0.6 is 0 Å². The molecular formula is C40H27N5Si. The molecule has 5 nitrogen and oxygen atoms in total. The molecule has 8 aromatic rings. The minimum atomic E-state index is -2.85. The third kappa shape index (κ3) is 4.01. The van der Waals surface area contributed by atoms with Gasteiger partial charge in [-0.25, -0.2) is 19.9 Å². The van der Waals surface area contributed by atoms with Crippen molar-refractivity contribution in [2.45, 2.75) is 0 Å². The Morgan fingerprint density at radius 2 is 0.891 bits per heavy atom. The molecule has 0 atom stereocenters.